The lowest BCUT2D eigenvalue weighted by Gasteiger charge is -2.18. The Kier molecular flexibility index (Phi) is 8.82. The second kappa shape index (κ2) is 11.1. The summed E-state index contributed by atoms with van der Waals surface area (Å²) >= 11 is 5.23. The molecule has 2 aromatic carbocycles. The van der Waals surface area contributed by atoms with Crippen LogP contribution in [0.3, 0.4) is 0 Å². The zero-order chi connectivity index (χ0) is 23.0. The fourth-order valence-corrected chi connectivity index (χ4v) is 3.37. The molecule has 0 bridgehead atoms. The summed E-state index contributed by atoms with van der Waals surface area (Å²) in [5, 5.41) is 5.85. The number of halogens is 3. The van der Waals surface area contributed by atoms with Gasteiger partial charge in [-0.1, -0.05) is 13.8 Å². The largest absolute Gasteiger partial charge is 0.416 e. The van der Waals surface area contributed by atoms with Crippen molar-refractivity contribution in [3.05, 3.63) is 59.2 Å². The van der Waals surface area contributed by atoms with E-state index in [4.69, 9.17) is 18.0 Å². The third kappa shape index (κ3) is 7.84. The van der Waals surface area contributed by atoms with Crippen LogP contribution in [0.5, 0.6) is 0 Å². The molecule has 0 aromatic heterocycles. The van der Waals surface area contributed by atoms with Gasteiger partial charge in [0.1, 0.15) is 0 Å². The van der Waals surface area contributed by atoms with Crippen LogP contribution in [0.25, 0.3) is 0 Å². The van der Waals surface area contributed by atoms with Crippen molar-refractivity contribution in [2.45, 2.75) is 32.9 Å². The number of carbonyl (C=O) groups is 1. The highest BCUT2D eigenvalue weighted by atomic mass is 32.1. The monoisotopic (exact) mass is 452 g/mol. The van der Waals surface area contributed by atoms with Crippen molar-refractivity contribution < 1.29 is 18.0 Å². The molecule has 0 unspecified atom stereocenters. The number of carbonyl (C=O) groups excluding carboxylic acids is 1. The average molecular weight is 453 g/mol. The highest BCUT2D eigenvalue weighted by molar-refractivity contribution is 7.80. The van der Waals surface area contributed by atoms with E-state index in [0.29, 0.717) is 23.2 Å². The van der Waals surface area contributed by atoms with Crippen LogP contribution in [0.1, 0.15) is 41.8 Å². The molecule has 31 heavy (non-hydrogen) atoms. The predicted octanol–water partition coefficient (Wildman–Crippen LogP) is 4.89. The van der Waals surface area contributed by atoms with E-state index in [9.17, 15) is 18.0 Å². The molecule has 168 valence electrons. The van der Waals surface area contributed by atoms with Crippen LogP contribution < -0.4 is 16.4 Å². The first-order valence-electron chi connectivity index (χ1n) is 10.0. The molecule has 2 rings (SSSR count). The molecule has 9 heteroatoms. The standard InChI is InChI=1S/C22H27F3N4OS/c1-3-29(4-2)11-5-6-15-12-17(22(23,24)25)14-19(13-15)28-21(31)27-18-9-7-16(8-10-18)20(26)30/h7-10,12-14H,3-6,11H2,1-2H3,(H2,26,30)(H2,27,28,31). The number of hydrogen-bond donors (Lipinski definition) is 3. The van der Waals surface area contributed by atoms with Gasteiger partial charge in [0.2, 0.25) is 5.91 Å². The molecule has 0 saturated carbocycles. The summed E-state index contributed by atoms with van der Waals surface area (Å²) in [6.45, 7) is 6.77. The Bertz CT molecular complexity index is 897. The third-order valence-electron chi connectivity index (χ3n) is 4.84. The molecule has 0 atom stereocenters. The first kappa shape index (κ1) is 24.6. The van der Waals surface area contributed by atoms with Gasteiger partial charge in [-0.2, -0.15) is 13.2 Å². The first-order chi connectivity index (χ1) is 14.6. The quantitative estimate of drug-likeness (QED) is 0.473. The molecule has 0 aliphatic carbocycles. The third-order valence-corrected chi connectivity index (χ3v) is 5.04. The van der Waals surface area contributed by atoms with Crippen LogP contribution in [0.15, 0.2) is 42.5 Å². The Morgan fingerprint density at radius 1 is 1.03 bits per heavy atom. The molecule has 4 N–H and O–H groups in total. The van der Waals surface area contributed by atoms with Crippen molar-refractivity contribution in [1.82, 2.24) is 4.90 Å². The van der Waals surface area contributed by atoms with Gasteiger partial charge >= 0.3 is 6.18 Å². The average Bonchev–Trinajstić information content (AvgIpc) is 2.70. The summed E-state index contributed by atoms with van der Waals surface area (Å²) in [5.41, 5.74) is 6.27. The fourth-order valence-electron chi connectivity index (χ4n) is 3.13. The number of thiocarbonyl (C=S) groups is 1. The van der Waals surface area contributed by atoms with Crippen molar-refractivity contribution >= 4 is 34.6 Å². The highest BCUT2D eigenvalue weighted by Gasteiger charge is 2.31. The lowest BCUT2D eigenvalue weighted by atomic mass is 10.0. The van der Waals surface area contributed by atoms with Gasteiger partial charge in [0.25, 0.3) is 0 Å². The van der Waals surface area contributed by atoms with Gasteiger partial charge < -0.3 is 21.3 Å². The fraction of sp³-hybridized carbons (Fsp3) is 0.364. The van der Waals surface area contributed by atoms with E-state index >= 15 is 0 Å². The van der Waals surface area contributed by atoms with E-state index in [1.807, 2.05) is 0 Å². The number of alkyl halides is 3. The Morgan fingerprint density at radius 3 is 2.19 bits per heavy atom. The normalized spacial score (nSPS) is 11.4. The number of hydrogen-bond acceptors (Lipinski definition) is 3. The van der Waals surface area contributed by atoms with E-state index < -0.39 is 17.6 Å². The molecule has 1 amide bonds. The van der Waals surface area contributed by atoms with Crippen LogP contribution in [0, 0.1) is 0 Å². The van der Waals surface area contributed by atoms with E-state index in [-0.39, 0.29) is 10.8 Å². The van der Waals surface area contributed by atoms with Gasteiger partial charge in [0, 0.05) is 16.9 Å². The molecule has 0 heterocycles. The van der Waals surface area contributed by atoms with Crippen molar-refractivity contribution in [2.24, 2.45) is 5.73 Å². The number of anilines is 2. The Hall–Kier alpha value is -2.65. The van der Waals surface area contributed by atoms with Crippen LogP contribution >= 0.6 is 12.2 Å². The van der Waals surface area contributed by atoms with E-state index in [2.05, 4.69) is 29.4 Å². The summed E-state index contributed by atoms with van der Waals surface area (Å²) in [6, 6.07) is 10.2. The molecule has 0 spiro atoms. The molecule has 2 aromatic rings. The van der Waals surface area contributed by atoms with E-state index in [0.717, 1.165) is 32.1 Å². The maximum atomic E-state index is 13.4. The van der Waals surface area contributed by atoms with Crippen LogP contribution in [0.4, 0.5) is 24.5 Å². The van der Waals surface area contributed by atoms with Crippen LogP contribution in [-0.4, -0.2) is 35.6 Å². The topological polar surface area (TPSA) is 70.4 Å². The second-order valence-electron chi connectivity index (χ2n) is 7.07. The predicted molar refractivity (Wildman–Crippen MR) is 122 cm³/mol. The van der Waals surface area contributed by atoms with Gasteiger partial charge in [0.15, 0.2) is 5.11 Å². The number of nitrogens with two attached hydrogens (primary N) is 1. The molecule has 0 radical (unpaired) electrons. The minimum absolute atomic E-state index is 0.139. The van der Waals surface area contributed by atoms with Crippen LogP contribution in [-0.2, 0) is 12.6 Å². The van der Waals surface area contributed by atoms with E-state index in [1.165, 1.54) is 18.2 Å². The second-order valence-corrected chi connectivity index (χ2v) is 7.48. The Labute approximate surface area is 185 Å². The number of primary amides is 1. The number of nitrogens with one attached hydrogen (secondary N) is 2. The zero-order valence-electron chi connectivity index (χ0n) is 17.6. The molecule has 0 aliphatic heterocycles. The molecule has 0 fully saturated rings. The van der Waals surface area contributed by atoms with Crippen molar-refractivity contribution in [1.29, 1.82) is 0 Å². The molecule has 0 saturated heterocycles. The molecular weight excluding hydrogens is 425 g/mol. The van der Waals surface area contributed by atoms with Crippen molar-refractivity contribution in [3.63, 3.8) is 0 Å². The lowest BCUT2D eigenvalue weighted by Crippen LogP contribution is -2.24. The van der Waals surface area contributed by atoms with Gasteiger partial charge in [-0.15, -0.1) is 0 Å². The molecule has 0 aliphatic rings. The zero-order valence-corrected chi connectivity index (χ0v) is 18.4. The van der Waals surface area contributed by atoms with Gasteiger partial charge in [0.05, 0.1) is 5.56 Å². The molecular formula is C22H27F3N4OS. The van der Waals surface area contributed by atoms with Gasteiger partial charge in [-0.3, -0.25) is 4.79 Å². The first-order valence-corrected chi connectivity index (χ1v) is 10.4. The van der Waals surface area contributed by atoms with Crippen LogP contribution in [0.2, 0.25) is 0 Å². The maximum absolute atomic E-state index is 13.4. The Balaban J connectivity index is 2.10. The van der Waals surface area contributed by atoms with Gasteiger partial charge in [-0.25, -0.2) is 0 Å². The smallest absolute Gasteiger partial charge is 0.366 e. The van der Waals surface area contributed by atoms with Crippen molar-refractivity contribution in [3.8, 4) is 0 Å². The summed E-state index contributed by atoms with van der Waals surface area (Å²) in [4.78, 5) is 13.4. The van der Waals surface area contributed by atoms with Gasteiger partial charge in [-0.05, 0) is 92.7 Å². The number of rotatable bonds is 9. The minimum Gasteiger partial charge on any atom is -0.366 e. The lowest BCUT2D eigenvalue weighted by molar-refractivity contribution is -0.137. The summed E-state index contributed by atoms with van der Waals surface area (Å²) in [7, 11) is 0. The highest BCUT2D eigenvalue weighted by Crippen LogP contribution is 2.32. The van der Waals surface area contributed by atoms with E-state index in [1.54, 1.807) is 18.2 Å². The maximum Gasteiger partial charge on any atom is 0.416 e. The summed E-state index contributed by atoms with van der Waals surface area (Å²) in [5.74, 6) is -0.551. The number of benzene rings is 2. The minimum atomic E-state index is -4.45. The SMILES string of the molecule is CCN(CC)CCCc1cc(NC(=S)Nc2ccc(C(N)=O)cc2)cc(C(F)(F)F)c1. The number of amides is 1. The number of nitrogens with zero attached hydrogens (tertiary/aromatic N) is 1. The number of aryl methyl sites for hydroxylation is 1. The van der Waals surface area contributed by atoms with Crippen molar-refractivity contribution in [2.75, 3.05) is 30.3 Å². The Morgan fingerprint density at radius 2 is 1.65 bits per heavy atom. The summed E-state index contributed by atoms with van der Waals surface area (Å²) < 4.78 is 40.1. The summed E-state index contributed by atoms with van der Waals surface area (Å²) in [6.07, 6.45) is -3.16. The molecule has 5 nitrogen and oxygen atoms in total.